The Hall–Kier alpha value is -1.93. The highest BCUT2D eigenvalue weighted by atomic mass is 35.5. The molecule has 0 spiro atoms. The van der Waals surface area contributed by atoms with E-state index in [0.717, 1.165) is 18.7 Å². The third kappa shape index (κ3) is 4.72. The Labute approximate surface area is 172 Å². The largest absolute Gasteiger partial charge is 0.348 e. The minimum absolute atomic E-state index is 0. The third-order valence-corrected chi connectivity index (χ3v) is 6.88. The predicted octanol–water partition coefficient (Wildman–Crippen LogP) is 2.67. The van der Waals surface area contributed by atoms with Gasteiger partial charge in [0.15, 0.2) is 0 Å². The van der Waals surface area contributed by atoms with E-state index in [1.807, 2.05) is 6.07 Å². The zero-order valence-electron chi connectivity index (χ0n) is 16.1. The molecule has 2 aromatic carbocycles. The molecule has 0 aliphatic carbocycles. The summed E-state index contributed by atoms with van der Waals surface area (Å²) in [5.41, 5.74) is 4.06. The Morgan fingerprint density at radius 1 is 1.04 bits per heavy atom. The lowest BCUT2D eigenvalue weighted by Crippen LogP contribution is -2.30. The van der Waals surface area contributed by atoms with Crippen LogP contribution in [0, 0.1) is 0 Å². The van der Waals surface area contributed by atoms with E-state index in [0.29, 0.717) is 25.2 Å². The Balaban J connectivity index is 0.00000280. The number of sulfonamides is 1. The maximum Gasteiger partial charge on any atom is 0.251 e. The van der Waals surface area contributed by atoms with E-state index in [2.05, 4.69) is 22.8 Å². The van der Waals surface area contributed by atoms with E-state index in [9.17, 15) is 13.2 Å². The minimum Gasteiger partial charge on any atom is -0.348 e. The summed E-state index contributed by atoms with van der Waals surface area (Å²) in [4.78, 5) is 12.6. The van der Waals surface area contributed by atoms with E-state index in [4.69, 9.17) is 0 Å². The molecule has 0 aromatic heterocycles. The second-order valence-electron chi connectivity index (χ2n) is 6.50. The van der Waals surface area contributed by atoms with E-state index in [1.54, 1.807) is 26.0 Å². The summed E-state index contributed by atoms with van der Waals surface area (Å²) >= 11 is 0. The lowest BCUT2D eigenvalue weighted by molar-refractivity contribution is 0.0951. The molecule has 0 fully saturated rings. The summed E-state index contributed by atoms with van der Waals surface area (Å²) in [5.74, 6) is -0.222. The number of hydrogen-bond donors (Lipinski definition) is 2. The van der Waals surface area contributed by atoms with Crippen LogP contribution in [0.1, 0.15) is 40.9 Å². The molecule has 0 saturated heterocycles. The number of amides is 1. The van der Waals surface area contributed by atoms with E-state index in [-0.39, 0.29) is 23.2 Å². The lowest BCUT2D eigenvalue weighted by Gasteiger charge is -2.18. The lowest BCUT2D eigenvalue weighted by atomic mass is 10.1. The van der Waals surface area contributed by atoms with Crippen LogP contribution < -0.4 is 10.6 Å². The molecule has 1 amide bonds. The maximum absolute atomic E-state index is 12.5. The van der Waals surface area contributed by atoms with Crippen LogP contribution in [-0.2, 0) is 29.7 Å². The molecule has 3 rings (SSSR count). The highest BCUT2D eigenvalue weighted by molar-refractivity contribution is 7.89. The van der Waals surface area contributed by atoms with Gasteiger partial charge in [-0.05, 0) is 41.0 Å². The number of carbonyl (C=O) groups excluding carboxylic acids is 1. The number of fused-ring (bicyclic) bond motifs is 1. The monoisotopic (exact) mass is 423 g/mol. The van der Waals surface area contributed by atoms with E-state index >= 15 is 0 Å². The van der Waals surface area contributed by atoms with Crippen LogP contribution in [0.2, 0.25) is 0 Å². The van der Waals surface area contributed by atoms with Crippen molar-refractivity contribution in [2.24, 2.45) is 0 Å². The first-order chi connectivity index (χ1) is 13.0. The summed E-state index contributed by atoms with van der Waals surface area (Å²) in [5, 5.41) is 6.19. The molecular weight excluding hydrogens is 398 g/mol. The van der Waals surface area contributed by atoms with Gasteiger partial charge in [-0.25, -0.2) is 8.42 Å². The second kappa shape index (κ2) is 9.52. The van der Waals surface area contributed by atoms with E-state index in [1.165, 1.54) is 27.6 Å². The van der Waals surface area contributed by atoms with Crippen LogP contribution in [-0.4, -0.2) is 31.7 Å². The molecule has 1 aliphatic heterocycles. The van der Waals surface area contributed by atoms with Gasteiger partial charge >= 0.3 is 0 Å². The second-order valence-corrected chi connectivity index (χ2v) is 8.44. The van der Waals surface area contributed by atoms with Gasteiger partial charge in [-0.15, -0.1) is 12.4 Å². The van der Waals surface area contributed by atoms with Gasteiger partial charge in [0.2, 0.25) is 10.0 Å². The third-order valence-electron chi connectivity index (χ3n) is 4.81. The fraction of sp³-hybridized carbons (Fsp3) is 0.350. The van der Waals surface area contributed by atoms with Crippen molar-refractivity contribution in [2.75, 3.05) is 13.1 Å². The number of nitrogens with one attached hydrogen (secondary N) is 2. The van der Waals surface area contributed by atoms with Crippen molar-refractivity contribution in [1.82, 2.24) is 14.9 Å². The molecule has 6 nitrogen and oxygen atoms in total. The topological polar surface area (TPSA) is 78.5 Å². The van der Waals surface area contributed by atoms with Crippen LogP contribution in [0.5, 0.6) is 0 Å². The highest BCUT2D eigenvalue weighted by Gasteiger charge is 2.21. The zero-order chi connectivity index (χ0) is 19.4. The molecule has 2 aromatic rings. The molecule has 0 saturated carbocycles. The molecule has 0 radical (unpaired) electrons. The smallest absolute Gasteiger partial charge is 0.251 e. The first-order valence-corrected chi connectivity index (χ1v) is 10.6. The maximum atomic E-state index is 12.5. The summed E-state index contributed by atoms with van der Waals surface area (Å²) in [6.45, 7) is 6.63. The quantitative estimate of drug-likeness (QED) is 0.717. The van der Waals surface area contributed by atoms with Crippen molar-refractivity contribution in [3.63, 3.8) is 0 Å². The Bertz CT molecular complexity index is 926. The van der Waals surface area contributed by atoms with Crippen LogP contribution in [0.25, 0.3) is 0 Å². The molecular formula is C20H26ClN3O3S. The summed E-state index contributed by atoms with van der Waals surface area (Å²) in [6.07, 6.45) is 0. The Morgan fingerprint density at radius 3 is 2.32 bits per heavy atom. The van der Waals surface area contributed by atoms with Gasteiger partial charge in [-0.2, -0.15) is 4.31 Å². The first kappa shape index (κ1) is 22.4. The molecule has 28 heavy (non-hydrogen) atoms. The van der Waals surface area contributed by atoms with E-state index < -0.39 is 10.0 Å². The van der Waals surface area contributed by atoms with Crippen LogP contribution in [0.15, 0.2) is 47.4 Å². The molecule has 0 atom stereocenters. The molecule has 1 aliphatic rings. The Morgan fingerprint density at radius 2 is 1.68 bits per heavy atom. The number of halogens is 1. The number of hydrogen-bond acceptors (Lipinski definition) is 4. The van der Waals surface area contributed by atoms with Crippen LogP contribution in [0.4, 0.5) is 0 Å². The van der Waals surface area contributed by atoms with Crippen molar-refractivity contribution in [2.45, 2.75) is 38.4 Å². The summed E-state index contributed by atoms with van der Waals surface area (Å²) in [7, 11) is -3.51. The first-order valence-electron chi connectivity index (χ1n) is 9.15. The standard InChI is InChI=1S/C20H25N3O3S.ClH/c1-3-23(4-2)27(25,26)19-9-7-16(8-10-19)20(24)22-12-15-5-6-17-13-21-14-18(17)11-15;/h5-11,21H,3-4,12-14H2,1-2H3,(H,22,24);1H. The molecule has 2 N–H and O–H groups in total. The summed E-state index contributed by atoms with van der Waals surface area (Å²) < 4.78 is 26.4. The van der Waals surface area contributed by atoms with Gasteiger partial charge in [-0.1, -0.05) is 32.0 Å². The van der Waals surface area contributed by atoms with Crippen molar-refractivity contribution >= 4 is 28.3 Å². The number of carbonyl (C=O) groups is 1. The minimum atomic E-state index is -3.51. The van der Waals surface area contributed by atoms with Crippen molar-refractivity contribution < 1.29 is 13.2 Å². The molecule has 1 heterocycles. The van der Waals surface area contributed by atoms with Gasteiger partial charge in [0.25, 0.3) is 5.91 Å². The van der Waals surface area contributed by atoms with Crippen LogP contribution >= 0.6 is 12.4 Å². The number of nitrogens with zero attached hydrogens (tertiary/aromatic N) is 1. The molecule has 152 valence electrons. The predicted molar refractivity (Wildman–Crippen MR) is 112 cm³/mol. The van der Waals surface area contributed by atoms with Gasteiger partial charge in [0.05, 0.1) is 4.90 Å². The SMILES string of the molecule is CCN(CC)S(=O)(=O)c1ccc(C(=O)NCc2ccc3c(c2)CNC3)cc1.Cl. The normalized spacial score (nSPS) is 13.1. The molecule has 0 bridgehead atoms. The fourth-order valence-corrected chi connectivity index (χ4v) is 4.69. The zero-order valence-corrected chi connectivity index (χ0v) is 17.7. The number of benzene rings is 2. The number of rotatable bonds is 7. The average molecular weight is 424 g/mol. The Kier molecular flexibility index (Phi) is 7.60. The average Bonchev–Trinajstić information content (AvgIpc) is 3.14. The van der Waals surface area contributed by atoms with Crippen molar-refractivity contribution in [1.29, 1.82) is 0 Å². The van der Waals surface area contributed by atoms with Gasteiger partial charge in [0.1, 0.15) is 0 Å². The molecule has 0 unspecified atom stereocenters. The van der Waals surface area contributed by atoms with Gasteiger partial charge in [-0.3, -0.25) is 4.79 Å². The summed E-state index contributed by atoms with van der Waals surface area (Å²) in [6, 6.07) is 12.3. The van der Waals surface area contributed by atoms with Gasteiger partial charge < -0.3 is 10.6 Å². The highest BCUT2D eigenvalue weighted by Crippen LogP contribution is 2.18. The van der Waals surface area contributed by atoms with Gasteiger partial charge in [0, 0.05) is 38.3 Å². The van der Waals surface area contributed by atoms with Crippen LogP contribution in [0.3, 0.4) is 0 Å². The van der Waals surface area contributed by atoms with Crippen molar-refractivity contribution in [3.8, 4) is 0 Å². The fourth-order valence-electron chi connectivity index (χ4n) is 3.23. The molecule has 8 heteroatoms. The van der Waals surface area contributed by atoms with Crippen molar-refractivity contribution in [3.05, 3.63) is 64.7 Å².